The van der Waals surface area contributed by atoms with E-state index < -0.39 is 5.60 Å². The van der Waals surface area contributed by atoms with Crippen LogP contribution in [0.2, 0.25) is 0 Å². The largest absolute Gasteiger partial charge is 0.389 e. The maximum absolute atomic E-state index is 9.76. The van der Waals surface area contributed by atoms with Gasteiger partial charge in [-0.15, -0.1) is 11.3 Å². The van der Waals surface area contributed by atoms with Gasteiger partial charge in [0.15, 0.2) is 0 Å². The van der Waals surface area contributed by atoms with Crippen LogP contribution in [0.5, 0.6) is 0 Å². The highest BCUT2D eigenvalue weighted by atomic mass is 32.1. The number of nitrogens with zero attached hydrogens (tertiary/aromatic N) is 1. The van der Waals surface area contributed by atoms with Gasteiger partial charge in [0, 0.05) is 24.2 Å². The van der Waals surface area contributed by atoms with E-state index in [-0.39, 0.29) is 0 Å². The molecule has 3 nitrogen and oxygen atoms in total. The molecule has 0 radical (unpaired) electrons. The molecule has 2 N–H and O–H groups in total. The first-order valence-electron chi connectivity index (χ1n) is 4.59. The molecule has 1 saturated carbocycles. The first-order valence-corrected chi connectivity index (χ1v) is 5.47. The van der Waals surface area contributed by atoms with Gasteiger partial charge in [-0.3, -0.25) is 4.98 Å². The van der Waals surface area contributed by atoms with Crippen LogP contribution >= 0.6 is 11.3 Å². The lowest BCUT2D eigenvalue weighted by molar-refractivity contribution is -0.0314. The van der Waals surface area contributed by atoms with E-state index in [1.807, 2.05) is 11.7 Å². The Bertz CT molecular complexity index is 257. The lowest BCUT2D eigenvalue weighted by atomic mass is 9.80. The van der Waals surface area contributed by atoms with Crippen molar-refractivity contribution in [3.63, 3.8) is 0 Å². The molecule has 1 fully saturated rings. The Kier molecular flexibility index (Phi) is 2.62. The molecule has 4 heteroatoms. The molecule has 1 heterocycles. The van der Waals surface area contributed by atoms with Crippen molar-refractivity contribution in [3.8, 4) is 0 Å². The van der Waals surface area contributed by atoms with E-state index in [1.165, 1.54) is 11.3 Å². The monoisotopic (exact) mass is 198 g/mol. The predicted molar refractivity (Wildman–Crippen MR) is 52.6 cm³/mol. The van der Waals surface area contributed by atoms with Crippen molar-refractivity contribution in [2.24, 2.45) is 0 Å². The normalized spacial score (nSPS) is 19.8. The van der Waals surface area contributed by atoms with Gasteiger partial charge in [-0.05, 0) is 19.3 Å². The summed E-state index contributed by atoms with van der Waals surface area (Å²) in [5, 5.41) is 13.0. The van der Waals surface area contributed by atoms with E-state index in [9.17, 15) is 5.11 Å². The molecule has 72 valence electrons. The van der Waals surface area contributed by atoms with Gasteiger partial charge in [-0.25, -0.2) is 0 Å². The van der Waals surface area contributed by atoms with E-state index >= 15 is 0 Å². The van der Waals surface area contributed by atoms with Gasteiger partial charge in [0.05, 0.1) is 11.1 Å². The van der Waals surface area contributed by atoms with E-state index in [2.05, 4.69) is 10.3 Å². The third kappa shape index (κ3) is 2.27. The summed E-state index contributed by atoms with van der Waals surface area (Å²) in [5.41, 5.74) is 1.42. The standard InChI is InChI=1S/C9H14N2OS/c12-9(2-1-3-9)6-10-4-8-5-11-7-13-8/h5,7,10,12H,1-4,6H2. The number of hydrogen-bond donors (Lipinski definition) is 2. The number of aliphatic hydroxyl groups is 1. The number of hydrogen-bond acceptors (Lipinski definition) is 4. The average Bonchev–Trinajstić information content (AvgIpc) is 2.54. The molecule has 0 aliphatic heterocycles. The van der Waals surface area contributed by atoms with Crippen molar-refractivity contribution < 1.29 is 5.11 Å². The minimum absolute atomic E-state index is 0.412. The lowest BCUT2D eigenvalue weighted by Gasteiger charge is -2.36. The summed E-state index contributed by atoms with van der Waals surface area (Å²) in [7, 11) is 0. The molecule has 0 unspecified atom stereocenters. The number of aromatic nitrogens is 1. The number of thiazole rings is 1. The maximum atomic E-state index is 9.76. The van der Waals surface area contributed by atoms with Crippen LogP contribution in [0.25, 0.3) is 0 Å². The molecule has 2 rings (SSSR count). The Morgan fingerprint density at radius 1 is 1.62 bits per heavy atom. The Morgan fingerprint density at radius 2 is 2.46 bits per heavy atom. The van der Waals surface area contributed by atoms with Crippen molar-refractivity contribution in [3.05, 3.63) is 16.6 Å². The van der Waals surface area contributed by atoms with Crippen LogP contribution in [0.15, 0.2) is 11.7 Å². The van der Waals surface area contributed by atoms with Crippen LogP contribution < -0.4 is 5.32 Å². The van der Waals surface area contributed by atoms with Crippen LogP contribution in [0, 0.1) is 0 Å². The van der Waals surface area contributed by atoms with E-state index in [0.29, 0.717) is 6.54 Å². The molecule has 0 saturated heterocycles. The summed E-state index contributed by atoms with van der Waals surface area (Å²) in [5.74, 6) is 0. The molecule has 13 heavy (non-hydrogen) atoms. The van der Waals surface area contributed by atoms with E-state index in [0.717, 1.165) is 19.4 Å². The van der Waals surface area contributed by atoms with E-state index in [1.54, 1.807) is 11.3 Å². The Morgan fingerprint density at radius 3 is 3.00 bits per heavy atom. The molecular formula is C9H14N2OS. The zero-order valence-electron chi connectivity index (χ0n) is 7.49. The lowest BCUT2D eigenvalue weighted by Crippen LogP contribution is -2.45. The van der Waals surface area contributed by atoms with Crippen LogP contribution in [0.4, 0.5) is 0 Å². The second kappa shape index (κ2) is 3.74. The first kappa shape index (κ1) is 9.12. The molecule has 0 amide bonds. The zero-order valence-corrected chi connectivity index (χ0v) is 8.31. The number of rotatable bonds is 4. The third-order valence-corrected chi connectivity index (χ3v) is 3.30. The quantitative estimate of drug-likeness (QED) is 0.763. The van der Waals surface area contributed by atoms with Gasteiger partial charge in [0.25, 0.3) is 0 Å². The van der Waals surface area contributed by atoms with Gasteiger partial charge in [0.2, 0.25) is 0 Å². The Balaban J connectivity index is 1.69. The summed E-state index contributed by atoms with van der Waals surface area (Å²) in [4.78, 5) is 5.21. The summed E-state index contributed by atoms with van der Waals surface area (Å²) in [6, 6.07) is 0. The molecule has 1 aromatic rings. The second-order valence-electron chi connectivity index (χ2n) is 3.65. The SMILES string of the molecule is OC1(CNCc2cncs2)CCC1. The minimum atomic E-state index is -0.412. The summed E-state index contributed by atoms with van der Waals surface area (Å²) < 4.78 is 0. The summed E-state index contributed by atoms with van der Waals surface area (Å²) >= 11 is 1.64. The third-order valence-electron chi connectivity index (χ3n) is 2.52. The zero-order chi connectivity index (χ0) is 9.15. The van der Waals surface area contributed by atoms with Gasteiger partial charge in [-0.2, -0.15) is 0 Å². The fourth-order valence-electron chi connectivity index (χ4n) is 1.51. The average molecular weight is 198 g/mol. The van der Waals surface area contributed by atoms with Gasteiger partial charge in [-0.1, -0.05) is 0 Å². The predicted octanol–water partition coefficient (Wildman–Crippen LogP) is 1.15. The van der Waals surface area contributed by atoms with Crippen LogP contribution in [-0.2, 0) is 6.54 Å². The highest BCUT2D eigenvalue weighted by Gasteiger charge is 2.33. The molecule has 1 aliphatic carbocycles. The Hall–Kier alpha value is -0.450. The molecule has 0 bridgehead atoms. The molecular weight excluding hydrogens is 184 g/mol. The summed E-state index contributed by atoms with van der Waals surface area (Å²) in [6.45, 7) is 1.54. The van der Waals surface area contributed by atoms with Crippen molar-refractivity contribution in [1.82, 2.24) is 10.3 Å². The highest BCUT2D eigenvalue weighted by Crippen LogP contribution is 2.30. The van der Waals surface area contributed by atoms with Crippen LogP contribution in [0.3, 0.4) is 0 Å². The molecule has 0 aromatic carbocycles. The first-order chi connectivity index (χ1) is 6.29. The van der Waals surface area contributed by atoms with Gasteiger partial charge < -0.3 is 10.4 Å². The molecule has 0 atom stereocenters. The topological polar surface area (TPSA) is 45.1 Å². The number of nitrogens with one attached hydrogen (secondary N) is 1. The maximum Gasteiger partial charge on any atom is 0.0794 e. The molecule has 0 spiro atoms. The Labute approximate surface area is 81.8 Å². The fourth-order valence-corrected chi connectivity index (χ4v) is 2.07. The van der Waals surface area contributed by atoms with Crippen molar-refractivity contribution >= 4 is 11.3 Å². The summed E-state index contributed by atoms with van der Waals surface area (Å²) in [6.07, 6.45) is 4.92. The van der Waals surface area contributed by atoms with Crippen LogP contribution in [0.1, 0.15) is 24.1 Å². The molecule has 1 aliphatic rings. The fraction of sp³-hybridized carbons (Fsp3) is 0.667. The van der Waals surface area contributed by atoms with Crippen LogP contribution in [-0.4, -0.2) is 22.2 Å². The van der Waals surface area contributed by atoms with Gasteiger partial charge >= 0.3 is 0 Å². The smallest absolute Gasteiger partial charge is 0.0794 e. The van der Waals surface area contributed by atoms with Crippen molar-refractivity contribution in [1.29, 1.82) is 0 Å². The second-order valence-corrected chi connectivity index (χ2v) is 4.62. The van der Waals surface area contributed by atoms with Crippen molar-refractivity contribution in [2.75, 3.05) is 6.54 Å². The van der Waals surface area contributed by atoms with Crippen molar-refractivity contribution in [2.45, 2.75) is 31.4 Å². The van der Waals surface area contributed by atoms with E-state index in [4.69, 9.17) is 0 Å². The van der Waals surface area contributed by atoms with Gasteiger partial charge in [0.1, 0.15) is 0 Å². The highest BCUT2D eigenvalue weighted by molar-refractivity contribution is 7.09. The minimum Gasteiger partial charge on any atom is -0.389 e. The molecule has 1 aromatic heterocycles.